The molecule has 4 aromatic rings. The largest absolute Gasteiger partial charge is 0.443 e. The van der Waals surface area contributed by atoms with Crippen LogP contribution in [0, 0.1) is 17.2 Å². The maximum absolute atomic E-state index is 13.7. The van der Waals surface area contributed by atoms with Crippen molar-refractivity contribution in [3.05, 3.63) is 65.6 Å². The van der Waals surface area contributed by atoms with E-state index in [2.05, 4.69) is 76.0 Å². The normalized spacial score (nSPS) is 16.3. The van der Waals surface area contributed by atoms with Crippen LogP contribution in [0.4, 0.5) is 22.1 Å². The lowest BCUT2D eigenvalue weighted by Crippen LogP contribution is -2.46. The van der Waals surface area contributed by atoms with E-state index < -0.39 is 25.4 Å². The van der Waals surface area contributed by atoms with E-state index in [1.165, 1.54) is 0 Å². The first-order valence-corrected chi connectivity index (χ1v) is 21.0. The van der Waals surface area contributed by atoms with Crippen LogP contribution >= 0.6 is 0 Å². The molecule has 0 aliphatic carbocycles. The highest BCUT2D eigenvalue weighted by atomic mass is 28.4. The van der Waals surface area contributed by atoms with Gasteiger partial charge in [0.2, 0.25) is 5.95 Å². The predicted molar refractivity (Wildman–Crippen MR) is 207 cm³/mol. The molecule has 0 spiro atoms. The van der Waals surface area contributed by atoms with Gasteiger partial charge in [-0.05, 0) is 81.4 Å². The molecule has 1 aliphatic heterocycles. The molecule has 1 aromatic carbocycles. The van der Waals surface area contributed by atoms with Crippen molar-refractivity contribution in [2.24, 2.45) is 13.0 Å². The van der Waals surface area contributed by atoms with Gasteiger partial charge >= 0.3 is 6.09 Å². The predicted octanol–water partition coefficient (Wildman–Crippen LogP) is 8.36. The summed E-state index contributed by atoms with van der Waals surface area (Å²) in [7, 11) is -0.177. The number of ether oxygens (including phenoxy) is 1. The van der Waals surface area contributed by atoms with Crippen LogP contribution in [0.5, 0.6) is 0 Å². The highest BCUT2D eigenvalue weighted by Crippen LogP contribution is 2.47. The van der Waals surface area contributed by atoms with E-state index in [1.54, 1.807) is 23.5 Å². The third-order valence-corrected chi connectivity index (χ3v) is 14.5. The molecule has 13 heteroatoms. The number of aryl methyl sites for hydroxylation is 2. The van der Waals surface area contributed by atoms with Crippen LogP contribution in [0.25, 0.3) is 11.3 Å². The fourth-order valence-corrected chi connectivity index (χ4v) is 7.06. The first-order chi connectivity index (χ1) is 24.2. The maximum atomic E-state index is 13.7. The summed E-state index contributed by atoms with van der Waals surface area (Å²) in [6.07, 6.45) is 8.64. The molecular weight excluding hydrogens is 671 g/mol. The molecule has 0 saturated heterocycles. The quantitative estimate of drug-likeness (QED) is 0.151. The minimum absolute atomic E-state index is 0.00334. The van der Waals surface area contributed by atoms with Crippen LogP contribution in [0.2, 0.25) is 18.1 Å². The lowest BCUT2D eigenvalue weighted by Gasteiger charge is -2.39. The van der Waals surface area contributed by atoms with Gasteiger partial charge in [-0.1, -0.05) is 41.5 Å². The number of imidazole rings is 1. The number of anilines is 3. The lowest BCUT2D eigenvalue weighted by atomic mass is 9.83. The summed E-state index contributed by atoms with van der Waals surface area (Å²) in [6.45, 7) is 24.4. The molecule has 5 rings (SSSR count). The van der Waals surface area contributed by atoms with Gasteiger partial charge in [0.1, 0.15) is 11.7 Å². The van der Waals surface area contributed by atoms with Gasteiger partial charge in [-0.15, -0.1) is 0 Å². The number of hydrogen-bond donors (Lipinski definition) is 1. The third-order valence-electron chi connectivity index (χ3n) is 10.1. The van der Waals surface area contributed by atoms with Crippen LogP contribution in [-0.4, -0.2) is 62.5 Å². The van der Waals surface area contributed by atoms with E-state index in [0.29, 0.717) is 48.5 Å². The molecule has 52 heavy (non-hydrogen) atoms. The summed E-state index contributed by atoms with van der Waals surface area (Å²) in [5, 5.41) is 18.9. The molecule has 278 valence electrons. The molecule has 4 heterocycles. The summed E-state index contributed by atoms with van der Waals surface area (Å²) >= 11 is 0. The van der Waals surface area contributed by atoms with Gasteiger partial charge < -0.3 is 19.0 Å². The number of rotatable bonds is 11. The second-order valence-corrected chi connectivity index (χ2v) is 22.0. The molecule has 1 aliphatic rings. The highest BCUT2D eigenvalue weighted by Gasteiger charge is 2.47. The van der Waals surface area contributed by atoms with E-state index in [4.69, 9.17) is 19.2 Å². The highest BCUT2D eigenvalue weighted by molar-refractivity contribution is 6.74. The standard InChI is InChI=1S/C39H55N9O3Si/c1-26(2)13-14-32-33(22-47(45-32)21-29-20-41-25-46(29)10)44-35-42-16-15-31(43-35)27-17-28(19-40)34-30(18-27)39(9,24-50-52(11,12)38(6,7)8)23-48(34)36(49)51-37(3,4)5/h15-18,20,22,25-26H,13-14,21,23-24H2,1-12H3,(H,42,43,44)/t39-/m1/s1. The lowest BCUT2D eigenvalue weighted by molar-refractivity contribution is 0.0575. The SMILES string of the molecule is CC(C)CCc1nn(Cc2cncn2C)cc1Nc1nccc(-c2cc(C#N)c3c(c2)[C@@](C)(CO[Si](C)(C)C(C)(C)C)CN3C(=O)OC(C)(C)C)n1. The molecule has 1 amide bonds. The van der Waals surface area contributed by atoms with Crippen molar-refractivity contribution < 1.29 is 14.0 Å². The molecule has 0 unspecified atom stereocenters. The number of hydrogen-bond acceptors (Lipinski definition) is 9. The van der Waals surface area contributed by atoms with E-state index in [0.717, 1.165) is 41.0 Å². The Labute approximate surface area is 309 Å². The van der Waals surface area contributed by atoms with Crippen LogP contribution in [0.1, 0.15) is 91.2 Å². The second-order valence-electron chi connectivity index (χ2n) is 17.2. The number of nitrogens with one attached hydrogen (secondary N) is 1. The second kappa shape index (κ2) is 14.5. The van der Waals surface area contributed by atoms with E-state index in [9.17, 15) is 10.1 Å². The first kappa shape index (κ1) is 38.7. The number of fused-ring (bicyclic) bond motifs is 1. The van der Waals surface area contributed by atoms with Gasteiger partial charge in [-0.3, -0.25) is 9.58 Å². The molecular formula is C39H55N9O3Si. The van der Waals surface area contributed by atoms with Crippen molar-refractivity contribution in [1.29, 1.82) is 5.26 Å². The number of carbonyl (C=O) groups excluding carboxylic acids is 1. The molecule has 0 fully saturated rings. The zero-order valence-corrected chi connectivity index (χ0v) is 34.0. The molecule has 0 radical (unpaired) electrons. The smallest absolute Gasteiger partial charge is 0.414 e. The molecule has 1 atom stereocenters. The Bertz CT molecular complexity index is 1960. The zero-order valence-electron chi connectivity index (χ0n) is 33.0. The van der Waals surface area contributed by atoms with Gasteiger partial charge in [0.15, 0.2) is 8.32 Å². The monoisotopic (exact) mass is 725 g/mol. The van der Waals surface area contributed by atoms with Crippen molar-refractivity contribution in [3.8, 4) is 17.3 Å². The number of amides is 1. The number of aromatic nitrogens is 6. The van der Waals surface area contributed by atoms with Gasteiger partial charge in [0.25, 0.3) is 0 Å². The van der Waals surface area contributed by atoms with Crippen molar-refractivity contribution >= 4 is 31.7 Å². The Morgan fingerprint density at radius 1 is 1.17 bits per heavy atom. The van der Waals surface area contributed by atoms with Crippen LogP contribution in [0.15, 0.2) is 43.1 Å². The number of nitriles is 1. The Morgan fingerprint density at radius 3 is 2.52 bits per heavy atom. The molecule has 1 N–H and O–H groups in total. The van der Waals surface area contributed by atoms with Crippen molar-refractivity contribution in [1.82, 2.24) is 29.3 Å². The minimum Gasteiger partial charge on any atom is -0.443 e. The zero-order chi connectivity index (χ0) is 38.2. The Kier molecular flexibility index (Phi) is 10.8. The van der Waals surface area contributed by atoms with Gasteiger partial charge in [-0.25, -0.2) is 19.7 Å². The minimum atomic E-state index is -2.15. The summed E-state index contributed by atoms with van der Waals surface area (Å²) < 4.78 is 16.5. The van der Waals surface area contributed by atoms with E-state index in [-0.39, 0.29) is 5.04 Å². The van der Waals surface area contributed by atoms with Crippen molar-refractivity contribution in [2.75, 3.05) is 23.4 Å². The molecule has 3 aromatic heterocycles. The van der Waals surface area contributed by atoms with E-state index in [1.807, 2.05) is 61.6 Å². The van der Waals surface area contributed by atoms with Crippen molar-refractivity contribution in [2.45, 2.75) is 111 Å². The first-order valence-electron chi connectivity index (χ1n) is 18.0. The maximum Gasteiger partial charge on any atom is 0.414 e. The average Bonchev–Trinajstić information content (AvgIpc) is 3.72. The van der Waals surface area contributed by atoms with Crippen LogP contribution in [0.3, 0.4) is 0 Å². The Balaban J connectivity index is 1.53. The van der Waals surface area contributed by atoms with Crippen molar-refractivity contribution in [3.63, 3.8) is 0 Å². The average molecular weight is 726 g/mol. The number of benzene rings is 1. The van der Waals surface area contributed by atoms with Gasteiger partial charge in [0, 0.05) is 43.6 Å². The summed E-state index contributed by atoms with van der Waals surface area (Å²) in [5.41, 5.74) is 4.69. The summed E-state index contributed by atoms with van der Waals surface area (Å²) in [4.78, 5) is 29.0. The molecule has 0 bridgehead atoms. The summed E-state index contributed by atoms with van der Waals surface area (Å²) in [5.74, 6) is 0.940. The Morgan fingerprint density at radius 2 is 1.90 bits per heavy atom. The molecule has 0 saturated carbocycles. The fraction of sp³-hybridized carbons (Fsp3) is 0.538. The van der Waals surface area contributed by atoms with Crippen LogP contribution < -0.4 is 10.2 Å². The number of nitrogens with zero attached hydrogens (tertiary/aromatic N) is 8. The van der Waals surface area contributed by atoms with Gasteiger partial charge in [-0.2, -0.15) is 10.4 Å². The van der Waals surface area contributed by atoms with E-state index >= 15 is 0 Å². The summed E-state index contributed by atoms with van der Waals surface area (Å²) in [6, 6.07) is 8.05. The third kappa shape index (κ3) is 8.56. The van der Waals surface area contributed by atoms with Gasteiger partial charge in [0.05, 0.1) is 53.1 Å². The number of carbonyl (C=O) groups is 1. The fourth-order valence-electron chi connectivity index (χ4n) is 5.94. The topological polar surface area (TPSA) is 136 Å². The van der Waals surface area contributed by atoms with Crippen LogP contribution in [-0.2, 0) is 34.6 Å². The Hall–Kier alpha value is -4.54. The molecule has 12 nitrogen and oxygen atoms in total.